The first kappa shape index (κ1) is 10.8. The minimum atomic E-state index is 0.0938. The van der Waals surface area contributed by atoms with Crippen molar-refractivity contribution in [3.8, 4) is 0 Å². The van der Waals surface area contributed by atoms with Crippen LogP contribution in [0.5, 0.6) is 0 Å². The number of furan rings is 1. The fourth-order valence-electron chi connectivity index (χ4n) is 1.26. The maximum absolute atomic E-state index is 5.47. The van der Waals surface area contributed by atoms with Crippen molar-refractivity contribution < 1.29 is 4.42 Å². The van der Waals surface area contributed by atoms with Crippen molar-refractivity contribution in [2.24, 2.45) is 11.8 Å². The normalized spacial score (nSPS) is 15.7. The summed E-state index contributed by atoms with van der Waals surface area (Å²) in [5.74, 6) is 6.80. The highest BCUT2D eigenvalue weighted by molar-refractivity contribution is 9.10. The smallest absolute Gasteiger partial charge is 0.169 e. The summed E-state index contributed by atoms with van der Waals surface area (Å²) in [4.78, 5) is 0. The molecule has 2 unspecified atom stereocenters. The fourth-order valence-corrected chi connectivity index (χ4v) is 1.58. The van der Waals surface area contributed by atoms with Crippen LogP contribution in [0.2, 0.25) is 0 Å². The van der Waals surface area contributed by atoms with Crippen LogP contribution in [-0.4, -0.2) is 0 Å². The summed E-state index contributed by atoms with van der Waals surface area (Å²) in [5, 5.41) is 0. The van der Waals surface area contributed by atoms with Crippen molar-refractivity contribution in [3.05, 3.63) is 22.6 Å². The Labute approximate surface area is 86.8 Å². The average molecular weight is 247 g/mol. The molecule has 1 rings (SSSR count). The van der Waals surface area contributed by atoms with Gasteiger partial charge in [-0.1, -0.05) is 20.3 Å². The predicted octanol–water partition coefficient (Wildman–Crippen LogP) is 2.59. The minimum Gasteiger partial charge on any atom is -0.453 e. The molecule has 2 atom stereocenters. The minimum absolute atomic E-state index is 0.0938. The second-order valence-electron chi connectivity index (χ2n) is 3.17. The number of hydrazine groups is 1. The van der Waals surface area contributed by atoms with Crippen LogP contribution >= 0.6 is 15.9 Å². The number of halogens is 1. The topological polar surface area (TPSA) is 51.2 Å². The van der Waals surface area contributed by atoms with Gasteiger partial charge in [-0.25, -0.2) is 5.43 Å². The predicted molar refractivity (Wildman–Crippen MR) is 55.9 cm³/mol. The molecule has 0 aromatic carbocycles. The molecule has 0 saturated heterocycles. The zero-order valence-electron chi connectivity index (χ0n) is 7.88. The third-order valence-corrected chi connectivity index (χ3v) is 2.72. The van der Waals surface area contributed by atoms with Crippen molar-refractivity contribution in [2.75, 3.05) is 0 Å². The number of hydrogen-bond donors (Lipinski definition) is 2. The number of hydrogen-bond acceptors (Lipinski definition) is 3. The Morgan fingerprint density at radius 2 is 2.31 bits per heavy atom. The van der Waals surface area contributed by atoms with Crippen LogP contribution < -0.4 is 11.3 Å². The van der Waals surface area contributed by atoms with Crippen LogP contribution in [0.4, 0.5) is 0 Å². The molecule has 13 heavy (non-hydrogen) atoms. The first-order valence-corrected chi connectivity index (χ1v) is 5.19. The first-order valence-electron chi connectivity index (χ1n) is 4.40. The molecule has 0 aliphatic rings. The Morgan fingerprint density at radius 3 is 2.69 bits per heavy atom. The van der Waals surface area contributed by atoms with Crippen LogP contribution in [0.15, 0.2) is 21.2 Å². The van der Waals surface area contributed by atoms with E-state index in [0.717, 1.165) is 16.9 Å². The van der Waals surface area contributed by atoms with Gasteiger partial charge in [0.15, 0.2) is 4.67 Å². The lowest BCUT2D eigenvalue weighted by Gasteiger charge is -2.19. The van der Waals surface area contributed by atoms with Crippen LogP contribution in [0.3, 0.4) is 0 Å². The van der Waals surface area contributed by atoms with Gasteiger partial charge < -0.3 is 4.42 Å². The lowest BCUT2D eigenvalue weighted by molar-refractivity contribution is 0.318. The van der Waals surface area contributed by atoms with Crippen molar-refractivity contribution in [3.63, 3.8) is 0 Å². The molecule has 1 aromatic rings. The molecule has 1 aromatic heterocycles. The molecular weight excluding hydrogens is 232 g/mol. The average Bonchev–Trinajstić information content (AvgIpc) is 2.53. The van der Waals surface area contributed by atoms with E-state index in [9.17, 15) is 0 Å². The number of nitrogens with two attached hydrogens (primary N) is 1. The van der Waals surface area contributed by atoms with Crippen LogP contribution in [0, 0.1) is 5.92 Å². The molecule has 0 aliphatic carbocycles. The van der Waals surface area contributed by atoms with E-state index in [1.165, 1.54) is 0 Å². The van der Waals surface area contributed by atoms with Crippen LogP contribution in [-0.2, 0) is 0 Å². The summed E-state index contributed by atoms with van der Waals surface area (Å²) in [6.45, 7) is 4.27. The Hall–Kier alpha value is -0.320. The summed E-state index contributed by atoms with van der Waals surface area (Å²) < 4.78 is 6.18. The quantitative estimate of drug-likeness (QED) is 0.635. The molecule has 0 bridgehead atoms. The van der Waals surface area contributed by atoms with Gasteiger partial charge in [0.1, 0.15) is 5.76 Å². The van der Waals surface area contributed by atoms with Gasteiger partial charge in [-0.15, -0.1) is 0 Å². The van der Waals surface area contributed by atoms with Gasteiger partial charge in [0.2, 0.25) is 0 Å². The summed E-state index contributed by atoms with van der Waals surface area (Å²) in [6, 6.07) is 3.90. The molecule has 0 radical (unpaired) electrons. The summed E-state index contributed by atoms with van der Waals surface area (Å²) in [7, 11) is 0. The maximum Gasteiger partial charge on any atom is 0.169 e. The highest BCUT2D eigenvalue weighted by atomic mass is 79.9. The Morgan fingerprint density at radius 1 is 1.62 bits per heavy atom. The lowest BCUT2D eigenvalue weighted by atomic mass is 9.98. The third kappa shape index (κ3) is 2.56. The van der Waals surface area contributed by atoms with Gasteiger partial charge in [-0.05, 0) is 34.0 Å². The number of rotatable bonds is 4. The molecule has 1 heterocycles. The second-order valence-corrected chi connectivity index (χ2v) is 3.95. The molecule has 4 heteroatoms. The maximum atomic E-state index is 5.47. The Bertz CT molecular complexity index is 262. The van der Waals surface area contributed by atoms with E-state index in [1.807, 2.05) is 12.1 Å². The SMILES string of the molecule is CCC(C)C(NN)c1ccc(Br)o1. The Kier molecular flexibility index (Phi) is 3.96. The molecule has 0 spiro atoms. The summed E-state index contributed by atoms with van der Waals surface area (Å²) >= 11 is 3.27. The van der Waals surface area contributed by atoms with Gasteiger partial charge in [0.05, 0.1) is 6.04 Å². The molecule has 0 fully saturated rings. The van der Waals surface area contributed by atoms with E-state index in [1.54, 1.807) is 0 Å². The van der Waals surface area contributed by atoms with E-state index in [-0.39, 0.29) is 6.04 Å². The summed E-state index contributed by atoms with van der Waals surface area (Å²) in [5.41, 5.74) is 2.77. The van der Waals surface area contributed by atoms with Gasteiger partial charge in [-0.3, -0.25) is 5.84 Å². The molecule has 0 saturated carbocycles. The highest BCUT2D eigenvalue weighted by Gasteiger charge is 2.19. The van der Waals surface area contributed by atoms with E-state index >= 15 is 0 Å². The van der Waals surface area contributed by atoms with E-state index in [2.05, 4.69) is 35.2 Å². The monoisotopic (exact) mass is 246 g/mol. The zero-order valence-corrected chi connectivity index (χ0v) is 9.47. The van der Waals surface area contributed by atoms with E-state index in [4.69, 9.17) is 10.3 Å². The van der Waals surface area contributed by atoms with Crippen LogP contribution in [0.1, 0.15) is 32.1 Å². The lowest BCUT2D eigenvalue weighted by Crippen LogP contribution is -2.32. The second kappa shape index (κ2) is 4.79. The molecular formula is C9H15BrN2O. The molecule has 74 valence electrons. The van der Waals surface area contributed by atoms with Gasteiger partial charge in [-0.2, -0.15) is 0 Å². The highest BCUT2D eigenvalue weighted by Crippen LogP contribution is 2.26. The van der Waals surface area contributed by atoms with Gasteiger partial charge in [0, 0.05) is 0 Å². The molecule has 0 aliphatic heterocycles. The molecule has 3 nitrogen and oxygen atoms in total. The van der Waals surface area contributed by atoms with Crippen LogP contribution in [0.25, 0.3) is 0 Å². The standard InChI is InChI=1S/C9H15BrN2O/c1-3-6(2)9(12-11)7-4-5-8(10)13-7/h4-6,9,12H,3,11H2,1-2H3. The van der Waals surface area contributed by atoms with Crippen molar-refractivity contribution >= 4 is 15.9 Å². The summed E-state index contributed by atoms with van der Waals surface area (Å²) in [6.07, 6.45) is 1.06. The largest absolute Gasteiger partial charge is 0.453 e. The molecule has 3 N–H and O–H groups in total. The van der Waals surface area contributed by atoms with E-state index < -0.39 is 0 Å². The van der Waals surface area contributed by atoms with Gasteiger partial charge in [0.25, 0.3) is 0 Å². The fraction of sp³-hybridized carbons (Fsp3) is 0.556. The zero-order chi connectivity index (χ0) is 9.84. The molecule has 0 amide bonds. The van der Waals surface area contributed by atoms with Gasteiger partial charge >= 0.3 is 0 Å². The Balaban J connectivity index is 2.77. The third-order valence-electron chi connectivity index (χ3n) is 2.29. The first-order chi connectivity index (χ1) is 6.19. The van der Waals surface area contributed by atoms with E-state index in [0.29, 0.717) is 5.92 Å². The van der Waals surface area contributed by atoms with Crippen molar-refractivity contribution in [2.45, 2.75) is 26.3 Å². The number of nitrogens with one attached hydrogen (secondary N) is 1. The van der Waals surface area contributed by atoms with Crippen molar-refractivity contribution in [1.82, 2.24) is 5.43 Å². The van der Waals surface area contributed by atoms with Crippen molar-refractivity contribution in [1.29, 1.82) is 0 Å².